The number of aryl methyl sites for hydroxylation is 1. The molecule has 106 valence electrons. The molecule has 3 rings (SSSR count). The third-order valence-corrected chi connectivity index (χ3v) is 3.70. The standard InChI is InChI=1S/C16H14BrN3O/c1-10-3-6-15(21-2)14(7-10)20-16-12-8-11(17)4-5-13(12)18-9-19-16/h3-9H,1-2H3,(H,18,19,20). The van der Waals surface area contributed by atoms with Crippen LogP contribution < -0.4 is 10.1 Å². The summed E-state index contributed by atoms with van der Waals surface area (Å²) in [5, 5.41) is 4.29. The van der Waals surface area contributed by atoms with E-state index in [2.05, 4.69) is 31.2 Å². The second-order valence-electron chi connectivity index (χ2n) is 4.71. The Morgan fingerprint density at radius 1 is 1.10 bits per heavy atom. The number of nitrogens with one attached hydrogen (secondary N) is 1. The maximum absolute atomic E-state index is 5.39. The Hall–Kier alpha value is -2.14. The molecule has 3 aromatic rings. The number of rotatable bonds is 3. The summed E-state index contributed by atoms with van der Waals surface area (Å²) in [6.45, 7) is 2.04. The first-order valence-electron chi connectivity index (χ1n) is 6.49. The number of hydrogen-bond donors (Lipinski definition) is 1. The molecule has 0 saturated carbocycles. The van der Waals surface area contributed by atoms with Crippen molar-refractivity contribution in [3.05, 3.63) is 52.8 Å². The van der Waals surface area contributed by atoms with Crippen molar-refractivity contribution < 1.29 is 4.74 Å². The van der Waals surface area contributed by atoms with Crippen LogP contribution in [0.1, 0.15) is 5.56 Å². The molecule has 2 aromatic carbocycles. The smallest absolute Gasteiger partial charge is 0.142 e. The lowest BCUT2D eigenvalue weighted by Gasteiger charge is -2.12. The zero-order valence-corrected chi connectivity index (χ0v) is 13.3. The Morgan fingerprint density at radius 3 is 2.76 bits per heavy atom. The van der Waals surface area contributed by atoms with Gasteiger partial charge in [-0.05, 0) is 42.8 Å². The van der Waals surface area contributed by atoms with Crippen molar-refractivity contribution in [3.8, 4) is 5.75 Å². The zero-order chi connectivity index (χ0) is 14.8. The van der Waals surface area contributed by atoms with Crippen LogP contribution in [0.15, 0.2) is 47.2 Å². The summed E-state index contributed by atoms with van der Waals surface area (Å²) in [4.78, 5) is 8.63. The molecule has 5 heteroatoms. The summed E-state index contributed by atoms with van der Waals surface area (Å²) in [5.41, 5.74) is 2.93. The van der Waals surface area contributed by atoms with Gasteiger partial charge in [-0.3, -0.25) is 0 Å². The Labute approximate surface area is 131 Å². The molecule has 0 saturated heterocycles. The number of ether oxygens (including phenoxy) is 1. The lowest BCUT2D eigenvalue weighted by atomic mass is 10.2. The Kier molecular flexibility index (Phi) is 3.75. The van der Waals surface area contributed by atoms with Crippen LogP contribution in [0.2, 0.25) is 0 Å². The molecule has 21 heavy (non-hydrogen) atoms. The van der Waals surface area contributed by atoms with Gasteiger partial charge in [-0.2, -0.15) is 0 Å². The number of halogens is 1. The van der Waals surface area contributed by atoms with Crippen molar-refractivity contribution in [2.75, 3.05) is 12.4 Å². The van der Waals surface area contributed by atoms with E-state index < -0.39 is 0 Å². The van der Waals surface area contributed by atoms with Gasteiger partial charge in [-0.15, -0.1) is 0 Å². The van der Waals surface area contributed by atoms with Gasteiger partial charge in [0.25, 0.3) is 0 Å². The quantitative estimate of drug-likeness (QED) is 0.762. The molecular weight excluding hydrogens is 330 g/mol. The second kappa shape index (κ2) is 5.69. The molecule has 0 fully saturated rings. The Balaban J connectivity index is 2.10. The van der Waals surface area contributed by atoms with Crippen molar-refractivity contribution >= 4 is 38.3 Å². The highest BCUT2D eigenvalue weighted by Gasteiger charge is 2.08. The first-order valence-corrected chi connectivity index (χ1v) is 7.28. The molecule has 1 heterocycles. The van der Waals surface area contributed by atoms with Crippen LogP contribution >= 0.6 is 15.9 Å². The van der Waals surface area contributed by atoms with E-state index in [1.165, 1.54) is 0 Å². The van der Waals surface area contributed by atoms with Gasteiger partial charge in [0.05, 0.1) is 18.3 Å². The van der Waals surface area contributed by atoms with E-state index in [4.69, 9.17) is 4.74 Å². The fourth-order valence-corrected chi connectivity index (χ4v) is 2.54. The van der Waals surface area contributed by atoms with Gasteiger partial charge in [-0.1, -0.05) is 22.0 Å². The molecule has 0 aliphatic heterocycles. The highest BCUT2D eigenvalue weighted by molar-refractivity contribution is 9.10. The van der Waals surface area contributed by atoms with Crippen molar-refractivity contribution in [2.24, 2.45) is 0 Å². The number of methoxy groups -OCH3 is 1. The Bertz CT molecular complexity index is 805. The van der Waals surface area contributed by atoms with E-state index in [1.54, 1.807) is 13.4 Å². The third kappa shape index (κ3) is 2.83. The van der Waals surface area contributed by atoms with E-state index in [0.29, 0.717) is 0 Å². The minimum absolute atomic E-state index is 0.755. The van der Waals surface area contributed by atoms with Gasteiger partial charge in [0.2, 0.25) is 0 Å². The fraction of sp³-hybridized carbons (Fsp3) is 0.125. The molecule has 1 aromatic heterocycles. The number of anilines is 2. The van der Waals surface area contributed by atoms with Gasteiger partial charge in [0.15, 0.2) is 0 Å². The lowest BCUT2D eigenvalue weighted by molar-refractivity contribution is 0.416. The zero-order valence-electron chi connectivity index (χ0n) is 11.7. The van der Waals surface area contributed by atoms with Gasteiger partial charge in [0, 0.05) is 9.86 Å². The van der Waals surface area contributed by atoms with Crippen LogP contribution in [0.25, 0.3) is 10.9 Å². The van der Waals surface area contributed by atoms with E-state index in [9.17, 15) is 0 Å². The first kappa shape index (κ1) is 13.8. The fourth-order valence-electron chi connectivity index (χ4n) is 2.18. The minimum Gasteiger partial charge on any atom is -0.495 e. The maximum Gasteiger partial charge on any atom is 0.142 e. The van der Waals surface area contributed by atoms with Crippen LogP contribution in [0.4, 0.5) is 11.5 Å². The predicted molar refractivity (Wildman–Crippen MR) is 88.3 cm³/mol. The van der Waals surface area contributed by atoms with E-state index in [1.807, 2.05) is 43.3 Å². The highest BCUT2D eigenvalue weighted by atomic mass is 79.9. The van der Waals surface area contributed by atoms with Crippen LogP contribution in [-0.4, -0.2) is 17.1 Å². The van der Waals surface area contributed by atoms with E-state index in [-0.39, 0.29) is 0 Å². The summed E-state index contributed by atoms with van der Waals surface area (Å²) < 4.78 is 6.38. The normalized spacial score (nSPS) is 10.6. The van der Waals surface area contributed by atoms with Crippen LogP contribution in [0.3, 0.4) is 0 Å². The van der Waals surface area contributed by atoms with Crippen molar-refractivity contribution in [1.82, 2.24) is 9.97 Å². The lowest BCUT2D eigenvalue weighted by Crippen LogP contribution is -1.98. The SMILES string of the molecule is COc1ccc(C)cc1Nc1ncnc2ccc(Br)cc12. The maximum atomic E-state index is 5.39. The molecule has 0 aliphatic rings. The monoisotopic (exact) mass is 343 g/mol. The third-order valence-electron chi connectivity index (χ3n) is 3.21. The average Bonchev–Trinajstić information content (AvgIpc) is 2.48. The van der Waals surface area contributed by atoms with Gasteiger partial charge in [0.1, 0.15) is 17.9 Å². The second-order valence-corrected chi connectivity index (χ2v) is 5.63. The first-order chi connectivity index (χ1) is 10.2. The minimum atomic E-state index is 0.755. The van der Waals surface area contributed by atoms with E-state index in [0.717, 1.165) is 38.2 Å². The summed E-state index contributed by atoms with van der Waals surface area (Å²) in [7, 11) is 1.66. The predicted octanol–water partition coefficient (Wildman–Crippen LogP) is 4.45. The van der Waals surface area contributed by atoms with Crippen LogP contribution in [-0.2, 0) is 0 Å². The molecule has 0 amide bonds. The Morgan fingerprint density at radius 2 is 1.95 bits per heavy atom. The largest absolute Gasteiger partial charge is 0.495 e. The number of benzene rings is 2. The van der Waals surface area contributed by atoms with E-state index >= 15 is 0 Å². The van der Waals surface area contributed by atoms with Crippen molar-refractivity contribution in [3.63, 3.8) is 0 Å². The van der Waals surface area contributed by atoms with Crippen molar-refractivity contribution in [1.29, 1.82) is 0 Å². The number of nitrogens with zero attached hydrogens (tertiary/aromatic N) is 2. The number of fused-ring (bicyclic) bond motifs is 1. The number of aromatic nitrogens is 2. The molecule has 0 aliphatic carbocycles. The molecular formula is C16H14BrN3O. The average molecular weight is 344 g/mol. The van der Waals surface area contributed by atoms with Crippen LogP contribution in [0, 0.1) is 6.92 Å². The number of hydrogen-bond acceptors (Lipinski definition) is 4. The van der Waals surface area contributed by atoms with Gasteiger partial charge in [-0.25, -0.2) is 9.97 Å². The molecule has 0 atom stereocenters. The highest BCUT2D eigenvalue weighted by Crippen LogP contribution is 2.31. The van der Waals surface area contributed by atoms with Crippen LogP contribution in [0.5, 0.6) is 5.75 Å². The molecule has 0 bridgehead atoms. The van der Waals surface area contributed by atoms with Gasteiger partial charge >= 0.3 is 0 Å². The van der Waals surface area contributed by atoms with Crippen molar-refractivity contribution in [2.45, 2.75) is 6.92 Å². The molecule has 0 spiro atoms. The summed E-state index contributed by atoms with van der Waals surface area (Å²) in [6, 6.07) is 11.9. The summed E-state index contributed by atoms with van der Waals surface area (Å²) in [5.74, 6) is 1.53. The molecule has 0 radical (unpaired) electrons. The topological polar surface area (TPSA) is 47.0 Å². The molecule has 1 N–H and O–H groups in total. The summed E-state index contributed by atoms with van der Waals surface area (Å²) in [6.07, 6.45) is 1.56. The summed E-state index contributed by atoms with van der Waals surface area (Å²) >= 11 is 3.48. The molecule has 4 nitrogen and oxygen atoms in total. The molecule has 0 unspecified atom stereocenters. The van der Waals surface area contributed by atoms with Gasteiger partial charge < -0.3 is 10.1 Å².